The van der Waals surface area contributed by atoms with Crippen molar-refractivity contribution in [3.63, 3.8) is 0 Å². The molecule has 194 valence electrons. The van der Waals surface area contributed by atoms with Crippen molar-refractivity contribution in [2.45, 2.75) is 34.2 Å². The molecule has 38 heavy (non-hydrogen) atoms. The highest BCUT2D eigenvalue weighted by Crippen LogP contribution is 2.32. The smallest absolute Gasteiger partial charge is 0.413 e. The lowest BCUT2D eigenvalue weighted by Crippen LogP contribution is -2.26. The van der Waals surface area contributed by atoms with Gasteiger partial charge in [0.05, 0.1) is 23.9 Å². The van der Waals surface area contributed by atoms with Crippen LogP contribution in [-0.2, 0) is 4.74 Å². The second-order valence-electron chi connectivity index (χ2n) is 8.45. The van der Waals surface area contributed by atoms with Crippen LogP contribution in [0.15, 0.2) is 71.9 Å². The van der Waals surface area contributed by atoms with Gasteiger partial charge in [-0.25, -0.2) is 19.7 Å². The van der Waals surface area contributed by atoms with Crippen LogP contribution in [0, 0.1) is 6.92 Å². The van der Waals surface area contributed by atoms with E-state index in [1.165, 1.54) is 0 Å². The number of aryl methyl sites for hydroxylation is 1. The molecule has 0 bridgehead atoms. The third kappa shape index (κ3) is 5.15. The number of fused-ring (bicyclic) bond motifs is 1. The average molecular weight is 512 g/mol. The molecule has 0 saturated heterocycles. The molecule has 4 aromatic heterocycles. The quantitative estimate of drug-likeness (QED) is 0.314. The van der Waals surface area contributed by atoms with Gasteiger partial charge in [-0.1, -0.05) is 13.5 Å². The van der Waals surface area contributed by atoms with E-state index in [4.69, 9.17) is 4.74 Å². The highest BCUT2D eigenvalue weighted by molar-refractivity contribution is 5.96. The monoisotopic (exact) mass is 511 g/mol. The summed E-state index contributed by atoms with van der Waals surface area (Å²) in [5.74, 6) is 0.705. The molecule has 0 spiro atoms. The molecule has 0 fully saturated rings. The molecular formula is C28H29N7O3. The summed E-state index contributed by atoms with van der Waals surface area (Å²) in [6, 6.07) is 14.5. The summed E-state index contributed by atoms with van der Waals surface area (Å²) >= 11 is 0. The molecule has 0 unspecified atom stereocenters. The number of carbonyl (C=O) groups excluding carboxylic acids is 1. The van der Waals surface area contributed by atoms with E-state index in [2.05, 4.69) is 30.2 Å². The molecular weight excluding hydrogens is 482 g/mol. The van der Waals surface area contributed by atoms with Crippen molar-refractivity contribution in [3.8, 4) is 22.5 Å². The van der Waals surface area contributed by atoms with Crippen LogP contribution in [0.3, 0.4) is 0 Å². The van der Waals surface area contributed by atoms with Crippen molar-refractivity contribution in [3.05, 3.63) is 88.9 Å². The lowest BCUT2D eigenvalue weighted by molar-refractivity contribution is 0.167. The number of aromatic amines is 1. The van der Waals surface area contributed by atoms with Crippen molar-refractivity contribution in [2.24, 2.45) is 0 Å². The Morgan fingerprint density at radius 3 is 2.47 bits per heavy atom. The number of benzene rings is 1. The van der Waals surface area contributed by atoms with Crippen molar-refractivity contribution in [1.82, 2.24) is 29.5 Å². The van der Waals surface area contributed by atoms with Gasteiger partial charge in [-0.2, -0.15) is 0 Å². The predicted molar refractivity (Wildman–Crippen MR) is 147 cm³/mol. The maximum absolute atomic E-state index is 13.3. The number of amides is 1. The van der Waals surface area contributed by atoms with Gasteiger partial charge in [0.1, 0.15) is 5.52 Å². The van der Waals surface area contributed by atoms with Gasteiger partial charge >= 0.3 is 6.09 Å². The summed E-state index contributed by atoms with van der Waals surface area (Å²) in [6.07, 6.45) is 4.41. The van der Waals surface area contributed by atoms with Crippen LogP contribution in [0.2, 0.25) is 0 Å². The van der Waals surface area contributed by atoms with E-state index in [0.29, 0.717) is 22.4 Å². The van der Waals surface area contributed by atoms with Crippen LogP contribution in [0.4, 0.5) is 10.7 Å². The van der Waals surface area contributed by atoms with Crippen molar-refractivity contribution in [2.75, 3.05) is 11.9 Å². The number of imidazole rings is 1. The van der Waals surface area contributed by atoms with Gasteiger partial charge in [-0.3, -0.25) is 15.1 Å². The zero-order valence-electron chi connectivity index (χ0n) is 20.6. The van der Waals surface area contributed by atoms with Gasteiger partial charge in [0.2, 0.25) is 5.95 Å². The van der Waals surface area contributed by atoms with E-state index in [9.17, 15) is 9.59 Å². The third-order valence-electron chi connectivity index (χ3n) is 5.99. The van der Waals surface area contributed by atoms with Crippen LogP contribution < -0.4 is 10.9 Å². The predicted octanol–water partition coefficient (Wildman–Crippen LogP) is 5.37. The number of rotatable bonds is 6. The van der Waals surface area contributed by atoms with E-state index >= 15 is 0 Å². The first kappa shape index (κ1) is 26.2. The third-order valence-corrected chi connectivity index (χ3v) is 5.99. The fraction of sp³-hybridized carbons (Fsp3) is 0.214. The van der Waals surface area contributed by atoms with E-state index < -0.39 is 6.09 Å². The van der Waals surface area contributed by atoms with Crippen LogP contribution >= 0.6 is 0 Å². The number of aromatic nitrogens is 6. The standard InChI is InChI=1S/C27H25N7O3.CH4/c1-4-37-27(36)33-26-31-22-14-19(13-20(24(22)32-26)25-29-10-7-11-30-25)18-12-16(2)34(23(35)15-18)17(3)21-8-5-6-9-28-21;/h5-15,17H,4H2,1-3H3,(H2,31,32,33,36);1H4/t17-;/m1./s1. The largest absolute Gasteiger partial charge is 0.450 e. The Balaban J connectivity index is 0.00000336. The number of carbonyl (C=O) groups is 1. The Morgan fingerprint density at radius 1 is 1.05 bits per heavy atom. The Morgan fingerprint density at radius 2 is 1.79 bits per heavy atom. The summed E-state index contributed by atoms with van der Waals surface area (Å²) in [7, 11) is 0. The lowest BCUT2D eigenvalue weighted by Gasteiger charge is -2.18. The number of hydrogen-bond acceptors (Lipinski definition) is 7. The van der Waals surface area contributed by atoms with Crippen LogP contribution in [0.25, 0.3) is 33.5 Å². The Kier molecular flexibility index (Phi) is 7.61. The summed E-state index contributed by atoms with van der Waals surface area (Å²) < 4.78 is 6.69. The topological polar surface area (TPSA) is 128 Å². The normalized spacial score (nSPS) is 11.6. The van der Waals surface area contributed by atoms with Gasteiger partial charge in [-0.05, 0) is 68.3 Å². The van der Waals surface area contributed by atoms with E-state index in [1.807, 2.05) is 50.2 Å². The molecule has 0 saturated carbocycles. The molecule has 0 aliphatic rings. The summed E-state index contributed by atoms with van der Waals surface area (Å²) in [5, 5.41) is 2.60. The molecule has 5 rings (SSSR count). The number of pyridine rings is 2. The molecule has 0 radical (unpaired) electrons. The Labute approximate surface area is 219 Å². The summed E-state index contributed by atoms with van der Waals surface area (Å²) in [4.78, 5) is 46.1. The minimum absolute atomic E-state index is 0. The molecule has 1 aromatic carbocycles. The first-order chi connectivity index (χ1) is 17.9. The molecule has 2 N–H and O–H groups in total. The molecule has 0 aliphatic heterocycles. The molecule has 4 heterocycles. The molecule has 0 aliphatic carbocycles. The van der Waals surface area contributed by atoms with Crippen LogP contribution in [0.5, 0.6) is 0 Å². The number of hydrogen-bond donors (Lipinski definition) is 2. The highest BCUT2D eigenvalue weighted by Gasteiger charge is 2.18. The Bertz CT molecular complexity index is 1630. The van der Waals surface area contributed by atoms with E-state index in [-0.39, 0.29) is 31.6 Å². The van der Waals surface area contributed by atoms with Crippen molar-refractivity contribution < 1.29 is 9.53 Å². The average Bonchev–Trinajstić information content (AvgIpc) is 3.31. The zero-order chi connectivity index (χ0) is 25.9. The van der Waals surface area contributed by atoms with Gasteiger partial charge < -0.3 is 14.3 Å². The number of nitrogens with zero attached hydrogens (tertiary/aromatic N) is 5. The van der Waals surface area contributed by atoms with Gasteiger partial charge in [0.15, 0.2) is 5.82 Å². The Hall–Kier alpha value is -4.86. The van der Waals surface area contributed by atoms with Crippen molar-refractivity contribution >= 4 is 23.1 Å². The molecule has 10 heteroatoms. The lowest BCUT2D eigenvalue weighted by atomic mass is 10.0. The van der Waals surface area contributed by atoms with Gasteiger partial charge in [0.25, 0.3) is 5.56 Å². The second kappa shape index (κ2) is 11.0. The SMILES string of the molecule is C.CCOC(=O)Nc1nc2c(-c3ncccn3)cc(-c3cc(C)n([C@H](C)c4ccccn4)c(=O)c3)cc2[nH]1. The zero-order valence-corrected chi connectivity index (χ0v) is 20.6. The highest BCUT2D eigenvalue weighted by atomic mass is 16.5. The minimum atomic E-state index is -0.611. The number of ether oxygens (including phenoxy) is 1. The second-order valence-corrected chi connectivity index (χ2v) is 8.45. The van der Waals surface area contributed by atoms with E-state index in [0.717, 1.165) is 22.5 Å². The van der Waals surface area contributed by atoms with Gasteiger partial charge in [-0.15, -0.1) is 0 Å². The van der Waals surface area contributed by atoms with Crippen molar-refractivity contribution in [1.29, 1.82) is 0 Å². The maximum atomic E-state index is 13.3. The first-order valence-electron chi connectivity index (χ1n) is 11.8. The fourth-order valence-electron chi connectivity index (χ4n) is 4.35. The molecule has 1 amide bonds. The maximum Gasteiger partial charge on any atom is 0.413 e. The molecule has 10 nitrogen and oxygen atoms in total. The summed E-state index contributed by atoms with van der Waals surface area (Å²) in [5.41, 5.74) is 4.87. The molecule has 5 aromatic rings. The van der Waals surface area contributed by atoms with Gasteiger partial charge in [0, 0.05) is 35.9 Å². The number of anilines is 1. The van der Waals surface area contributed by atoms with Crippen LogP contribution in [0.1, 0.15) is 38.7 Å². The first-order valence-corrected chi connectivity index (χ1v) is 11.8. The van der Waals surface area contributed by atoms with Crippen LogP contribution in [-0.4, -0.2) is 42.2 Å². The number of H-pyrrole nitrogens is 1. The molecule has 1 atom stereocenters. The minimum Gasteiger partial charge on any atom is -0.450 e. The number of nitrogens with one attached hydrogen (secondary N) is 2. The fourth-order valence-corrected chi connectivity index (χ4v) is 4.35. The van der Waals surface area contributed by atoms with E-state index in [1.54, 1.807) is 42.2 Å². The summed E-state index contributed by atoms with van der Waals surface area (Å²) in [6.45, 7) is 5.82.